The van der Waals surface area contributed by atoms with Gasteiger partial charge < -0.3 is 9.73 Å². The molecule has 4 rings (SSSR count). The van der Waals surface area contributed by atoms with Crippen LogP contribution < -0.4 is 5.32 Å². The Kier molecular flexibility index (Phi) is 4.06. The number of halogens is 3. The lowest BCUT2D eigenvalue weighted by atomic mass is 9.71. The SMILES string of the molecule is Fc1ccccc1C1(Nc2ncc(-c3nnc(C(F)F)o3)cn2)CCC1. The molecule has 1 aromatic carbocycles. The van der Waals surface area contributed by atoms with Crippen molar-refractivity contribution in [2.75, 3.05) is 5.32 Å². The molecule has 0 bridgehead atoms. The molecule has 1 N–H and O–H groups in total. The molecular weight excluding hydrogens is 347 g/mol. The van der Waals surface area contributed by atoms with Gasteiger partial charge in [0.05, 0.1) is 11.1 Å². The molecule has 0 aliphatic heterocycles. The van der Waals surface area contributed by atoms with Crippen molar-refractivity contribution in [3.05, 3.63) is 53.9 Å². The molecule has 0 atom stereocenters. The third-order valence-corrected chi connectivity index (χ3v) is 4.47. The van der Waals surface area contributed by atoms with Crippen LogP contribution in [0.2, 0.25) is 0 Å². The van der Waals surface area contributed by atoms with E-state index in [9.17, 15) is 13.2 Å². The van der Waals surface area contributed by atoms with Crippen LogP contribution in [0.1, 0.15) is 37.1 Å². The first-order valence-corrected chi connectivity index (χ1v) is 8.04. The van der Waals surface area contributed by atoms with Crippen LogP contribution in [0.15, 0.2) is 41.1 Å². The number of hydrogen-bond acceptors (Lipinski definition) is 6. The van der Waals surface area contributed by atoms with Crippen molar-refractivity contribution in [3.63, 3.8) is 0 Å². The number of anilines is 1. The summed E-state index contributed by atoms with van der Waals surface area (Å²) in [5.41, 5.74) is 0.362. The number of hydrogen-bond donors (Lipinski definition) is 1. The summed E-state index contributed by atoms with van der Waals surface area (Å²) in [6.07, 6.45) is 2.45. The predicted molar refractivity (Wildman–Crippen MR) is 85.8 cm³/mol. The average molecular weight is 361 g/mol. The van der Waals surface area contributed by atoms with E-state index in [1.165, 1.54) is 18.5 Å². The molecule has 0 saturated heterocycles. The summed E-state index contributed by atoms with van der Waals surface area (Å²) >= 11 is 0. The van der Waals surface area contributed by atoms with Gasteiger partial charge in [0.1, 0.15) is 5.82 Å². The van der Waals surface area contributed by atoms with Crippen molar-refractivity contribution in [2.45, 2.75) is 31.2 Å². The minimum Gasteiger partial charge on any atom is -0.415 e. The van der Waals surface area contributed by atoms with Crippen LogP contribution in [0.25, 0.3) is 11.5 Å². The van der Waals surface area contributed by atoms with E-state index in [-0.39, 0.29) is 11.7 Å². The number of nitrogens with zero attached hydrogens (tertiary/aromatic N) is 4. The Balaban J connectivity index is 1.56. The molecule has 0 radical (unpaired) electrons. The van der Waals surface area contributed by atoms with Gasteiger partial charge in [-0.15, -0.1) is 10.2 Å². The van der Waals surface area contributed by atoms with Gasteiger partial charge in [-0.1, -0.05) is 18.2 Å². The number of nitrogens with one attached hydrogen (secondary N) is 1. The van der Waals surface area contributed by atoms with Crippen molar-refractivity contribution in [1.29, 1.82) is 0 Å². The van der Waals surface area contributed by atoms with Crippen LogP contribution in [0.3, 0.4) is 0 Å². The first-order valence-electron chi connectivity index (χ1n) is 8.04. The average Bonchev–Trinajstić information content (AvgIpc) is 3.10. The third-order valence-electron chi connectivity index (χ3n) is 4.47. The fraction of sp³-hybridized carbons (Fsp3) is 0.294. The lowest BCUT2D eigenvalue weighted by molar-refractivity contribution is 0.116. The number of aromatic nitrogens is 4. The molecule has 2 aromatic heterocycles. The van der Waals surface area contributed by atoms with Gasteiger partial charge >= 0.3 is 6.43 Å². The third kappa shape index (κ3) is 2.89. The van der Waals surface area contributed by atoms with E-state index in [1.54, 1.807) is 18.2 Å². The summed E-state index contributed by atoms with van der Waals surface area (Å²) in [5, 5.41) is 10.0. The molecular formula is C17H14F3N5O. The van der Waals surface area contributed by atoms with E-state index in [0.29, 0.717) is 17.1 Å². The van der Waals surface area contributed by atoms with Crippen molar-refractivity contribution in [2.24, 2.45) is 0 Å². The molecule has 134 valence electrons. The summed E-state index contributed by atoms with van der Waals surface area (Å²) in [5.74, 6) is -0.804. The Morgan fingerprint density at radius 3 is 2.38 bits per heavy atom. The van der Waals surface area contributed by atoms with E-state index >= 15 is 0 Å². The Hall–Kier alpha value is -2.97. The number of rotatable bonds is 5. The summed E-state index contributed by atoms with van der Waals surface area (Å²) in [7, 11) is 0. The summed E-state index contributed by atoms with van der Waals surface area (Å²) in [4.78, 5) is 8.34. The van der Waals surface area contributed by atoms with Crippen LogP contribution in [-0.4, -0.2) is 20.2 Å². The van der Waals surface area contributed by atoms with E-state index in [2.05, 4.69) is 25.5 Å². The highest BCUT2D eigenvalue weighted by molar-refractivity contribution is 5.51. The molecule has 1 aliphatic rings. The zero-order valence-corrected chi connectivity index (χ0v) is 13.5. The van der Waals surface area contributed by atoms with Gasteiger partial charge in [-0.3, -0.25) is 0 Å². The monoisotopic (exact) mass is 361 g/mol. The fourth-order valence-corrected chi connectivity index (χ4v) is 3.00. The molecule has 0 unspecified atom stereocenters. The predicted octanol–water partition coefficient (Wildman–Crippen LogP) is 4.09. The van der Waals surface area contributed by atoms with Gasteiger partial charge in [0.25, 0.3) is 11.8 Å². The molecule has 0 amide bonds. The maximum atomic E-state index is 14.2. The molecule has 0 spiro atoms. The van der Waals surface area contributed by atoms with Crippen LogP contribution in [-0.2, 0) is 5.54 Å². The van der Waals surface area contributed by atoms with Crippen molar-refractivity contribution in [1.82, 2.24) is 20.2 Å². The maximum absolute atomic E-state index is 14.2. The summed E-state index contributed by atoms with van der Waals surface area (Å²) in [6.45, 7) is 0. The largest absolute Gasteiger partial charge is 0.415 e. The highest BCUT2D eigenvalue weighted by atomic mass is 19.3. The molecule has 1 fully saturated rings. The molecule has 1 saturated carbocycles. The lowest BCUT2D eigenvalue weighted by Crippen LogP contribution is -2.43. The van der Waals surface area contributed by atoms with Gasteiger partial charge in [-0.05, 0) is 25.3 Å². The van der Waals surface area contributed by atoms with Crippen molar-refractivity contribution < 1.29 is 17.6 Å². The second-order valence-electron chi connectivity index (χ2n) is 6.08. The Bertz CT molecular complexity index is 909. The fourth-order valence-electron chi connectivity index (χ4n) is 3.00. The molecule has 6 nitrogen and oxygen atoms in total. The maximum Gasteiger partial charge on any atom is 0.314 e. The van der Waals surface area contributed by atoms with Crippen LogP contribution in [0.4, 0.5) is 19.1 Å². The number of benzene rings is 1. The van der Waals surface area contributed by atoms with E-state index in [1.807, 2.05) is 0 Å². The highest BCUT2D eigenvalue weighted by Gasteiger charge is 2.41. The van der Waals surface area contributed by atoms with Crippen LogP contribution >= 0.6 is 0 Å². The summed E-state index contributed by atoms with van der Waals surface area (Å²) < 4.78 is 44.1. The van der Waals surface area contributed by atoms with Crippen molar-refractivity contribution in [3.8, 4) is 11.5 Å². The molecule has 3 aromatic rings. The minimum absolute atomic E-state index is 0.0840. The molecule has 2 heterocycles. The second-order valence-corrected chi connectivity index (χ2v) is 6.08. The van der Waals surface area contributed by atoms with E-state index < -0.39 is 17.9 Å². The first kappa shape index (κ1) is 16.5. The lowest BCUT2D eigenvalue weighted by Gasteiger charge is -2.43. The molecule has 1 aliphatic carbocycles. The van der Waals surface area contributed by atoms with Gasteiger partial charge in [0, 0.05) is 18.0 Å². The molecule has 9 heteroatoms. The zero-order chi connectivity index (χ0) is 18.1. The minimum atomic E-state index is -2.84. The van der Waals surface area contributed by atoms with Gasteiger partial charge in [0.2, 0.25) is 5.95 Å². The Morgan fingerprint density at radius 2 is 1.81 bits per heavy atom. The smallest absolute Gasteiger partial charge is 0.314 e. The normalized spacial score (nSPS) is 15.7. The zero-order valence-electron chi connectivity index (χ0n) is 13.5. The Morgan fingerprint density at radius 1 is 1.08 bits per heavy atom. The van der Waals surface area contributed by atoms with E-state index in [4.69, 9.17) is 4.42 Å². The highest BCUT2D eigenvalue weighted by Crippen LogP contribution is 2.44. The molecule has 26 heavy (non-hydrogen) atoms. The summed E-state index contributed by atoms with van der Waals surface area (Å²) in [6, 6.07) is 6.62. The standard InChI is InChI=1S/C17H14F3N5O/c18-12-5-2-1-4-11(12)17(6-3-7-17)23-16-21-8-10(9-22-16)14-24-25-15(26-14)13(19)20/h1-2,4-5,8-9,13H,3,6-7H2,(H,21,22,23). The first-order chi connectivity index (χ1) is 12.6. The van der Waals surface area contributed by atoms with E-state index in [0.717, 1.165) is 19.3 Å². The van der Waals surface area contributed by atoms with Crippen LogP contribution in [0.5, 0.6) is 0 Å². The Labute approximate surface area is 146 Å². The number of alkyl halides is 2. The van der Waals surface area contributed by atoms with Crippen molar-refractivity contribution >= 4 is 5.95 Å². The quantitative estimate of drug-likeness (QED) is 0.737. The van der Waals surface area contributed by atoms with Gasteiger partial charge in [-0.25, -0.2) is 14.4 Å². The second kappa shape index (κ2) is 6.40. The topological polar surface area (TPSA) is 76.7 Å². The van der Waals surface area contributed by atoms with Crippen LogP contribution in [0, 0.1) is 5.82 Å². The van der Waals surface area contributed by atoms with Gasteiger partial charge in [-0.2, -0.15) is 8.78 Å². The van der Waals surface area contributed by atoms with Gasteiger partial charge in [0.15, 0.2) is 0 Å².